The van der Waals surface area contributed by atoms with E-state index in [1.807, 2.05) is 5.38 Å². The first-order chi connectivity index (χ1) is 7.83. The normalized spacial score (nSPS) is 11.1. The Morgan fingerprint density at radius 1 is 1.38 bits per heavy atom. The van der Waals surface area contributed by atoms with E-state index in [4.69, 9.17) is 11.6 Å². The van der Waals surface area contributed by atoms with Crippen molar-refractivity contribution in [3.8, 4) is 0 Å². The van der Waals surface area contributed by atoms with Gasteiger partial charge in [0.2, 0.25) is 0 Å². The van der Waals surface area contributed by atoms with E-state index < -0.39 is 0 Å². The average Bonchev–Trinajstić information content (AvgIpc) is 2.87. The van der Waals surface area contributed by atoms with Gasteiger partial charge in [-0.25, -0.2) is 4.98 Å². The molecular weight excluding hydrogens is 266 g/mol. The van der Waals surface area contributed by atoms with Crippen LogP contribution in [0.5, 0.6) is 0 Å². The number of rotatable bonds is 2. The molecule has 0 saturated heterocycles. The first kappa shape index (κ1) is 10.0. The molecule has 16 heavy (non-hydrogen) atoms. The maximum absolute atomic E-state index is 5.90. The van der Waals surface area contributed by atoms with Crippen LogP contribution >= 0.6 is 34.7 Å². The molecule has 0 radical (unpaired) electrons. The van der Waals surface area contributed by atoms with E-state index in [-0.39, 0.29) is 0 Å². The smallest absolute Gasteiger partial charge is 0.238 e. The van der Waals surface area contributed by atoms with E-state index in [9.17, 15) is 0 Å². The lowest BCUT2D eigenvalue weighted by Gasteiger charge is -2.00. The SMILES string of the molecule is Clc1cc(Sc2nccs2)n2ncnc2n1. The number of nitrogens with zero attached hydrogens (tertiary/aromatic N) is 5. The Balaban J connectivity index is 2.11. The van der Waals surface area contributed by atoms with Crippen LogP contribution in [0, 0.1) is 0 Å². The van der Waals surface area contributed by atoms with Crippen LogP contribution in [0.4, 0.5) is 0 Å². The predicted molar refractivity (Wildman–Crippen MR) is 62.0 cm³/mol. The summed E-state index contributed by atoms with van der Waals surface area (Å²) in [5, 5.41) is 7.25. The van der Waals surface area contributed by atoms with Gasteiger partial charge in [-0.1, -0.05) is 11.6 Å². The molecule has 0 N–H and O–H groups in total. The largest absolute Gasteiger partial charge is 0.254 e. The molecule has 3 aromatic rings. The van der Waals surface area contributed by atoms with Crippen LogP contribution in [0.3, 0.4) is 0 Å². The van der Waals surface area contributed by atoms with Crippen molar-refractivity contribution in [1.29, 1.82) is 0 Å². The summed E-state index contributed by atoms with van der Waals surface area (Å²) >= 11 is 8.95. The molecule has 0 amide bonds. The Hall–Kier alpha value is -1.18. The third-order valence-corrected chi connectivity index (χ3v) is 3.87. The van der Waals surface area contributed by atoms with E-state index in [0.717, 1.165) is 9.37 Å². The van der Waals surface area contributed by atoms with Gasteiger partial charge in [-0.05, 0) is 11.8 Å². The fourth-order valence-corrected chi connectivity index (χ4v) is 3.08. The van der Waals surface area contributed by atoms with Crippen LogP contribution < -0.4 is 0 Å². The van der Waals surface area contributed by atoms with E-state index >= 15 is 0 Å². The highest BCUT2D eigenvalue weighted by Crippen LogP contribution is 2.29. The lowest BCUT2D eigenvalue weighted by atomic mass is 10.7. The van der Waals surface area contributed by atoms with Crippen molar-refractivity contribution in [2.45, 2.75) is 9.37 Å². The number of hydrogen-bond acceptors (Lipinski definition) is 6. The number of halogens is 1. The topological polar surface area (TPSA) is 56.0 Å². The summed E-state index contributed by atoms with van der Waals surface area (Å²) < 4.78 is 2.57. The zero-order valence-electron chi connectivity index (χ0n) is 7.74. The van der Waals surface area contributed by atoms with Gasteiger partial charge in [0, 0.05) is 17.6 Å². The first-order valence-corrected chi connectivity index (χ1v) is 6.34. The highest BCUT2D eigenvalue weighted by Gasteiger charge is 2.09. The third kappa shape index (κ3) is 1.77. The fourth-order valence-electron chi connectivity index (χ4n) is 1.18. The van der Waals surface area contributed by atoms with Crippen LogP contribution in [0.25, 0.3) is 5.78 Å². The standard InChI is InChI=1S/C8H4ClN5S2/c9-5-3-6(16-8-10-1-2-15-8)14-7(13-5)11-4-12-14/h1-4H. The van der Waals surface area contributed by atoms with Crippen LogP contribution in [0.2, 0.25) is 5.15 Å². The van der Waals surface area contributed by atoms with Crippen LogP contribution in [-0.2, 0) is 0 Å². The van der Waals surface area contributed by atoms with Gasteiger partial charge >= 0.3 is 0 Å². The molecule has 3 aromatic heterocycles. The van der Waals surface area contributed by atoms with E-state index in [1.165, 1.54) is 18.1 Å². The van der Waals surface area contributed by atoms with Gasteiger partial charge in [-0.2, -0.15) is 19.6 Å². The number of aromatic nitrogens is 5. The number of fused-ring (bicyclic) bond motifs is 1. The number of thiazole rings is 1. The summed E-state index contributed by atoms with van der Waals surface area (Å²) in [4.78, 5) is 12.2. The van der Waals surface area contributed by atoms with E-state index in [0.29, 0.717) is 10.9 Å². The Bertz CT molecular complexity index is 620. The molecule has 0 bridgehead atoms. The summed E-state index contributed by atoms with van der Waals surface area (Å²) in [6.07, 6.45) is 3.21. The molecular formula is C8H4ClN5S2. The average molecular weight is 270 g/mol. The molecule has 0 unspecified atom stereocenters. The van der Waals surface area contributed by atoms with Gasteiger partial charge in [0.15, 0.2) is 4.34 Å². The summed E-state index contributed by atoms with van der Waals surface area (Å²) in [6.45, 7) is 0. The monoisotopic (exact) mass is 269 g/mol. The summed E-state index contributed by atoms with van der Waals surface area (Å²) in [6, 6.07) is 1.75. The Morgan fingerprint density at radius 3 is 3.12 bits per heavy atom. The minimum absolute atomic E-state index is 0.402. The minimum atomic E-state index is 0.402. The summed E-state index contributed by atoms with van der Waals surface area (Å²) in [7, 11) is 0. The molecule has 0 aliphatic rings. The van der Waals surface area contributed by atoms with Crippen molar-refractivity contribution in [2.75, 3.05) is 0 Å². The Morgan fingerprint density at radius 2 is 2.31 bits per heavy atom. The molecule has 3 heterocycles. The zero-order chi connectivity index (χ0) is 11.0. The van der Waals surface area contributed by atoms with Gasteiger partial charge in [0.25, 0.3) is 5.78 Å². The van der Waals surface area contributed by atoms with Gasteiger partial charge in [0.05, 0.1) is 0 Å². The van der Waals surface area contributed by atoms with Crippen LogP contribution in [0.15, 0.2) is 33.3 Å². The van der Waals surface area contributed by atoms with E-state index in [2.05, 4.69) is 20.1 Å². The Kier molecular flexibility index (Phi) is 2.50. The summed E-state index contributed by atoms with van der Waals surface area (Å²) in [5.74, 6) is 0.492. The molecule has 0 atom stereocenters. The maximum Gasteiger partial charge on any atom is 0.254 e. The van der Waals surface area contributed by atoms with Crippen molar-refractivity contribution in [2.24, 2.45) is 0 Å². The quantitative estimate of drug-likeness (QED) is 0.669. The van der Waals surface area contributed by atoms with Gasteiger partial charge in [-0.15, -0.1) is 11.3 Å². The lowest BCUT2D eigenvalue weighted by Crippen LogP contribution is -1.95. The molecule has 0 spiro atoms. The van der Waals surface area contributed by atoms with Gasteiger partial charge < -0.3 is 0 Å². The minimum Gasteiger partial charge on any atom is -0.238 e. The zero-order valence-corrected chi connectivity index (χ0v) is 10.1. The third-order valence-electron chi connectivity index (χ3n) is 1.79. The van der Waals surface area contributed by atoms with Gasteiger partial charge in [-0.3, -0.25) is 0 Å². The molecule has 80 valence electrons. The van der Waals surface area contributed by atoms with Crippen LogP contribution in [0.1, 0.15) is 0 Å². The molecule has 3 rings (SSSR count). The molecule has 0 fully saturated rings. The highest BCUT2D eigenvalue weighted by atomic mass is 35.5. The second-order valence-electron chi connectivity index (χ2n) is 2.79. The molecule has 0 saturated carbocycles. The Labute approximate surface area is 104 Å². The molecule has 0 aromatic carbocycles. The number of hydrogen-bond donors (Lipinski definition) is 0. The van der Waals surface area contributed by atoms with Crippen molar-refractivity contribution < 1.29 is 0 Å². The molecule has 8 heteroatoms. The first-order valence-electron chi connectivity index (χ1n) is 4.26. The van der Waals surface area contributed by atoms with Crippen molar-refractivity contribution in [3.05, 3.63) is 29.1 Å². The molecule has 0 aliphatic carbocycles. The summed E-state index contributed by atoms with van der Waals surface area (Å²) in [5.41, 5.74) is 0. The lowest BCUT2D eigenvalue weighted by molar-refractivity contribution is 0.842. The maximum atomic E-state index is 5.90. The highest BCUT2D eigenvalue weighted by molar-refractivity contribution is 8.01. The van der Waals surface area contributed by atoms with Crippen LogP contribution in [-0.4, -0.2) is 24.6 Å². The second-order valence-corrected chi connectivity index (χ2v) is 5.34. The second kappa shape index (κ2) is 4.00. The fraction of sp³-hybridized carbons (Fsp3) is 0. The van der Waals surface area contributed by atoms with Gasteiger partial charge in [0.1, 0.15) is 16.5 Å². The predicted octanol–water partition coefficient (Wildman–Crippen LogP) is 2.39. The van der Waals surface area contributed by atoms with Crippen molar-refractivity contribution >= 4 is 40.5 Å². The van der Waals surface area contributed by atoms with Crippen molar-refractivity contribution in [3.63, 3.8) is 0 Å². The van der Waals surface area contributed by atoms with E-state index in [1.54, 1.807) is 28.1 Å². The molecule has 0 aliphatic heterocycles. The van der Waals surface area contributed by atoms with Crippen molar-refractivity contribution in [1.82, 2.24) is 24.6 Å². The molecule has 5 nitrogen and oxygen atoms in total.